The number of carbonyl (C=O) groups excluding carboxylic acids is 1. The lowest BCUT2D eigenvalue weighted by Crippen LogP contribution is -2.35. The van der Waals surface area contributed by atoms with E-state index in [1.807, 2.05) is 20.8 Å². The fraction of sp³-hybridized carbons (Fsp3) is 0.615. The second kappa shape index (κ2) is 5.15. The monoisotopic (exact) mass is 281 g/mol. The van der Waals surface area contributed by atoms with E-state index >= 15 is 0 Å². The van der Waals surface area contributed by atoms with Crippen molar-refractivity contribution in [1.29, 1.82) is 0 Å². The molecule has 1 aliphatic heterocycles. The van der Waals surface area contributed by atoms with E-state index in [9.17, 15) is 9.59 Å². The van der Waals surface area contributed by atoms with Crippen molar-refractivity contribution in [3.05, 3.63) is 18.2 Å². The molecule has 0 aliphatic carbocycles. The largest absolute Gasteiger partial charge is 0.464 e. The molecule has 1 saturated heterocycles. The third kappa shape index (κ3) is 3.09. The van der Waals surface area contributed by atoms with E-state index in [1.54, 1.807) is 4.90 Å². The average Bonchev–Trinajstić information content (AvgIpc) is 2.95. The molecule has 110 valence electrons. The van der Waals surface area contributed by atoms with Crippen LogP contribution in [0.1, 0.15) is 38.8 Å². The molecule has 1 aliphatic rings. The lowest BCUT2D eigenvalue weighted by Gasteiger charge is -2.24. The summed E-state index contributed by atoms with van der Waals surface area (Å²) in [5.74, 6) is -0.0267. The van der Waals surface area contributed by atoms with Crippen LogP contribution in [0.25, 0.3) is 0 Å². The minimum Gasteiger partial charge on any atom is -0.464 e. The Balaban J connectivity index is 2.04. The first-order chi connectivity index (χ1) is 9.28. The van der Waals surface area contributed by atoms with Crippen molar-refractivity contribution >= 4 is 12.2 Å². The molecule has 0 bridgehead atoms. The summed E-state index contributed by atoms with van der Waals surface area (Å²) in [7, 11) is 0. The summed E-state index contributed by atoms with van der Waals surface area (Å²) in [6.45, 7) is 6.46. The molecule has 1 aromatic rings. The molecular formula is C13H19N3O4. The van der Waals surface area contributed by atoms with Crippen molar-refractivity contribution in [3.8, 4) is 0 Å². The van der Waals surface area contributed by atoms with E-state index in [0.29, 0.717) is 25.2 Å². The molecular weight excluding hydrogens is 262 g/mol. The fourth-order valence-corrected chi connectivity index (χ4v) is 2.26. The fourth-order valence-electron chi connectivity index (χ4n) is 2.26. The Hall–Kier alpha value is -2.05. The molecule has 0 aromatic carbocycles. The number of hydrogen-bond acceptors (Lipinski definition) is 4. The van der Waals surface area contributed by atoms with Crippen LogP contribution in [0.3, 0.4) is 0 Å². The maximum absolute atomic E-state index is 12.0. The van der Waals surface area contributed by atoms with Crippen LogP contribution >= 0.6 is 0 Å². The molecule has 1 fully saturated rings. The van der Waals surface area contributed by atoms with Gasteiger partial charge in [-0.15, -0.1) is 0 Å². The predicted molar refractivity (Wildman–Crippen MR) is 70.8 cm³/mol. The van der Waals surface area contributed by atoms with Crippen LogP contribution in [0.15, 0.2) is 12.5 Å². The highest BCUT2D eigenvalue weighted by Crippen LogP contribution is 2.28. The number of ether oxygens (including phenoxy) is 1. The van der Waals surface area contributed by atoms with Crippen LogP contribution in [0.4, 0.5) is 9.59 Å². The number of rotatable bonds is 1. The third-order valence-electron chi connectivity index (χ3n) is 3.13. The summed E-state index contributed by atoms with van der Waals surface area (Å²) in [5, 5.41) is 9.06. The van der Waals surface area contributed by atoms with Gasteiger partial charge in [0.05, 0.1) is 5.69 Å². The van der Waals surface area contributed by atoms with E-state index in [4.69, 9.17) is 9.84 Å². The average molecular weight is 281 g/mol. The zero-order valence-electron chi connectivity index (χ0n) is 11.9. The van der Waals surface area contributed by atoms with Crippen molar-refractivity contribution in [1.82, 2.24) is 14.5 Å². The quantitative estimate of drug-likeness (QED) is 0.852. The van der Waals surface area contributed by atoms with Gasteiger partial charge in [0.1, 0.15) is 11.9 Å². The standard InChI is InChI=1S/C13H19N3O4/c1-13(2,3)20-12(19)15-5-4-9(7-15)10-6-14-8-16(10)11(17)18/h6,8-9H,4-5,7H2,1-3H3,(H,17,18). The third-order valence-corrected chi connectivity index (χ3v) is 3.13. The lowest BCUT2D eigenvalue weighted by molar-refractivity contribution is 0.0292. The first-order valence-electron chi connectivity index (χ1n) is 6.51. The summed E-state index contributed by atoms with van der Waals surface area (Å²) in [5.41, 5.74) is 0.0847. The summed E-state index contributed by atoms with van der Waals surface area (Å²) in [6.07, 6.45) is 2.10. The second-order valence-corrected chi connectivity index (χ2v) is 5.88. The van der Waals surface area contributed by atoms with Gasteiger partial charge in [-0.25, -0.2) is 19.1 Å². The Morgan fingerprint density at radius 3 is 2.75 bits per heavy atom. The Bertz CT molecular complexity index is 518. The first-order valence-corrected chi connectivity index (χ1v) is 6.51. The van der Waals surface area contributed by atoms with Gasteiger partial charge in [-0.05, 0) is 27.2 Å². The highest BCUT2D eigenvalue weighted by molar-refractivity contribution is 5.70. The topological polar surface area (TPSA) is 84.7 Å². The smallest absolute Gasteiger partial charge is 0.417 e. The number of carbonyl (C=O) groups is 2. The Morgan fingerprint density at radius 1 is 1.45 bits per heavy atom. The minimum absolute atomic E-state index is 0.0267. The molecule has 1 N–H and O–H groups in total. The van der Waals surface area contributed by atoms with Gasteiger partial charge >= 0.3 is 12.2 Å². The number of nitrogens with zero attached hydrogens (tertiary/aromatic N) is 3. The molecule has 7 heteroatoms. The number of aromatic nitrogens is 2. The zero-order chi connectivity index (χ0) is 14.9. The van der Waals surface area contributed by atoms with Crippen molar-refractivity contribution in [2.75, 3.05) is 13.1 Å². The van der Waals surface area contributed by atoms with Gasteiger partial charge in [0.15, 0.2) is 0 Å². The SMILES string of the molecule is CC(C)(C)OC(=O)N1CCC(c2cncn2C(=O)O)C1. The first kappa shape index (κ1) is 14.4. The van der Waals surface area contributed by atoms with Gasteiger partial charge in [0, 0.05) is 25.2 Å². The van der Waals surface area contributed by atoms with Gasteiger partial charge in [-0.3, -0.25) is 0 Å². The molecule has 1 atom stereocenters. The molecule has 20 heavy (non-hydrogen) atoms. The molecule has 7 nitrogen and oxygen atoms in total. The van der Waals surface area contributed by atoms with Crippen molar-refractivity contribution in [3.63, 3.8) is 0 Å². The van der Waals surface area contributed by atoms with Gasteiger partial charge in [0.25, 0.3) is 0 Å². The van der Waals surface area contributed by atoms with E-state index in [1.165, 1.54) is 12.5 Å². The van der Waals surface area contributed by atoms with E-state index < -0.39 is 11.7 Å². The maximum atomic E-state index is 12.0. The molecule has 2 heterocycles. The molecule has 1 unspecified atom stereocenters. The molecule has 2 rings (SSSR count). The van der Waals surface area contributed by atoms with Crippen LogP contribution in [0, 0.1) is 0 Å². The highest BCUT2D eigenvalue weighted by Gasteiger charge is 2.32. The van der Waals surface area contributed by atoms with Crippen LogP contribution < -0.4 is 0 Å². The van der Waals surface area contributed by atoms with Crippen LogP contribution in [-0.2, 0) is 4.74 Å². The normalized spacial score (nSPS) is 19.1. The highest BCUT2D eigenvalue weighted by atomic mass is 16.6. The molecule has 0 spiro atoms. The Labute approximate surface area is 117 Å². The van der Waals surface area contributed by atoms with Crippen molar-refractivity contribution < 1.29 is 19.4 Å². The lowest BCUT2D eigenvalue weighted by atomic mass is 10.1. The Kier molecular flexibility index (Phi) is 3.69. The zero-order valence-corrected chi connectivity index (χ0v) is 11.9. The molecule has 1 amide bonds. The van der Waals surface area contributed by atoms with Gasteiger partial charge in [0.2, 0.25) is 0 Å². The number of amides is 1. The summed E-state index contributed by atoms with van der Waals surface area (Å²) in [4.78, 5) is 28.5. The van der Waals surface area contributed by atoms with Crippen molar-refractivity contribution in [2.45, 2.75) is 38.7 Å². The predicted octanol–water partition coefficient (Wildman–Crippen LogP) is 2.13. The van der Waals surface area contributed by atoms with Crippen molar-refractivity contribution in [2.24, 2.45) is 0 Å². The second-order valence-electron chi connectivity index (χ2n) is 5.88. The van der Waals surface area contributed by atoms with E-state index in [0.717, 1.165) is 4.57 Å². The minimum atomic E-state index is -1.06. The molecule has 1 aromatic heterocycles. The van der Waals surface area contributed by atoms with Crippen LogP contribution in [0.2, 0.25) is 0 Å². The number of imidazole rings is 1. The van der Waals surface area contributed by atoms with Crippen LogP contribution in [0.5, 0.6) is 0 Å². The van der Waals surface area contributed by atoms with Gasteiger partial charge in [-0.2, -0.15) is 0 Å². The molecule has 0 radical (unpaired) electrons. The number of likely N-dealkylation sites (tertiary alicyclic amines) is 1. The Morgan fingerprint density at radius 2 is 2.15 bits per heavy atom. The molecule has 0 saturated carbocycles. The summed E-state index contributed by atoms with van der Waals surface area (Å²) >= 11 is 0. The summed E-state index contributed by atoms with van der Waals surface area (Å²) in [6, 6.07) is 0. The maximum Gasteiger partial charge on any atom is 0.417 e. The van der Waals surface area contributed by atoms with Gasteiger partial charge in [-0.1, -0.05) is 0 Å². The number of carboxylic acid groups (broad SMARTS) is 1. The number of hydrogen-bond donors (Lipinski definition) is 1. The van der Waals surface area contributed by atoms with Crippen LogP contribution in [-0.4, -0.2) is 50.4 Å². The summed E-state index contributed by atoms with van der Waals surface area (Å²) < 4.78 is 6.41. The van der Waals surface area contributed by atoms with E-state index in [2.05, 4.69) is 4.98 Å². The van der Waals surface area contributed by atoms with Gasteiger partial charge < -0.3 is 14.7 Å². The van der Waals surface area contributed by atoms with E-state index in [-0.39, 0.29) is 12.0 Å².